The van der Waals surface area contributed by atoms with Crippen LogP contribution in [0.5, 0.6) is 0 Å². The minimum absolute atomic E-state index is 0.0336. The fraction of sp³-hybridized carbons (Fsp3) is 0.389. The lowest BCUT2D eigenvalue weighted by molar-refractivity contribution is 0.280. The normalized spacial score (nSPS) is 22.2. The molecule has 136 valence electrons. The van der Waals surface area contributed by atoms with E-state index in [2.05, 4.69) is 25.3 Å². The number of pyridine rings is 1. The van der Waals surface area contributed by atoms with Crippen LogP contribution in [-0.4, -0.2) is 35.1 Å². The van der Waals surface area contributed by atoms with Crippen molar-refractivity contribution in [1.29, 1.82) is 0 Å². The highest BCUT2D eigenvalue weighted by Crippen LogP contribution is 2.39. The van der Waals surface area contributed by atoms with E-state index < -0.39 is 0 Å². The molecule has 6 rings (SSSR count). The van der Waals surface area contributed by atoms with Crippen LogP contribution in [0.1, 0.15) is 37.8 Å². The van der Waals surface area contributed by atoms with Crippen LogP contribution in [0.2, 0.25) is 0 Å². The van der Waals surface area contributed by atoms with Crippen LogP contribution in [0.15, 0.2) is 35.5 Å². The number of nitrogens with zero attached hydrogens (tertiary/aromatic N) is 6. The van der Waals surface area contributed by atoms with Gasteiger partial charge in [-0.2, -0.15) is 0 Å². The van der Waals surface area contributed by atoms with Crippen molar-refractivity contribution in [3.8, 4) is 0 Å². The Labute approximate surface area is 157 Å². The third kappa shape index (κ3) is 2.38. The van der Waals surface area contributed by atoms with Crippen molar-refractivity contribution in [2.45, 2.75) is 43.8 Å². The summed E-state index contributed by atoms with van der Waals surface area (Å²) in [5.41, 5.74) is 2.38. The maximum absolute atomic E-state index is 13.0. The molecular weight excluding hydrogens is 362 g/mol. The molecule has 0 saturated heterocycles. The number of thiazole rings is 1. The fourth-order valence-corrected chi connectivity index (χ4v) is 4.76. The Bertz CT molecular complexity index is 1180. The first kappa shape index (κ1) is 15.3. The van der Waals surface area contributed by atoms with Gasteiger partial charge < -0.3 is 5.32 Å². The lowest BCUT2D eigenvalue weighted by atomic mass is 9.86. The molecule has 0 spiro atoms. The van der Waals surface area contributed by atoms with E-state index in [0.29, 0.717) is 17.7 Å². The summed E-state index contributed by atoms with van der Waals surface area (Å²) in [5, 5.41) is 4.37. The van der Waals surface area contributed by atoms with E-state index in [1.54, 1.807) is 29.9 Å². The van der Waals surface area contributed by atoms with Crippen molar-refractivity contribution in [2.75, 3.05) is 5.32 Å². The Morgan fingerprint density at radius 3 is 2.44 bits per heavy atom. The zero-order valence-electron chi connectivity index (χ0n) is 14.4. The van der Waals surface area contributed by atoms with Gasteiger partial charge in [0, 0.05) is 36.7 Å². The van der Waals surface area contributed by atoms with Crippen molar-refractivity contribution in [3.63, 3.8) is 0 Å². The van der Waals surface area contributed by atoms with Crippen LogP contribution in [-0.2, 0) is 0 Å². The van der Waals surface area contributed by atoms with Gasteiger partial charge in [0.1, 0.15) is 10.3 Å². The van der Waals surface area contributed by atoms with Gasteiger partial charge in [0.2, 0.25) is 0 Å². The number of rotatable bonds is 4. The highest BCUT2D eigenvalue weighted by atomic mass is 32.1. The van der Waals surface area contributed by atoms with Gasteiger partial charge in [-0.15, -0.1) is 0 Å². The van der Waals surface area contributed by atoms with Gasteiger partial charge in [-0.25, -0.2) is 24.7 Å². The number of hydrogen-bond acceptors (Lipinski definition) is 7. The monoisotopic (exact) mass is 379 g/mol. The number of imidazole rings is 1. The first-order chi connectivity index (χ1) is 13.3. The summed E-state index contributed by atoms with van der Waals surface area (Å²) < 4.78 is 3.68. The van der Waals surface area contributed by atoms with E-state index in [1.165, 1.54) is 0 Å². The summed E-state index contributed by atoms with van der Waals surface area (Å²) >= 11 is 1.57. The molecule has 0 amide bonds. The van der Waals surface area contributed by atoms with Crippen molar-refractivity contribution in [3.05, 3.63) is 41.2 Å². The van der Waals surface area contributed by atoms with Crippen molar-refractivity contribution >= 4 is 38.1 Å². The molecule has 27 heavy (non-hydrogen) atoms. The molecular formula is C18H17N7OS. The molecule has 4 aromatic heterocycles. The molecule has 2 aliphatic carbocycles. The maximum Gasteiger partial charge on any atom is 0.332 e. The van der Waals surface area contributed by atoms with E-state index in [9.17, 15) is 4.79 Å². The lowest BCUT2D eigenvalue weighted by Gasteiger charge is -2.36. The minimum Gasteiger partial charge on any atom is -0.359 e. The molecule has 0 bridgehead atoms. The molecule has 4 heterocycles. The Kier molecular flexibility index (Phi) is 3.16. The van der Waals surface area contributed by atoms with E-state index in [-0.39, 0.29) is 11.7 Å². The summed E-state index contributed by atoms with van der Waals surface area (Å²) in [5.74, 6) is 0. The topological polar surface area (TPSA) is 90.5 Å². The second-order valence-electron chi connectivity index (χ2n) is 7.27. The highest BCUT2D eigenvalue weighted by molar-refractivity contribution is 7.21. The lowest BCUT2D eigenvalue weighted by Crippen LogP contribution is -2.41. The van der Waals surface area contributed by atoms with Crippen molar-refractivity contribution in [2.24, 2.45) is 0 Å². The van der Waals surface area contributed by atoms with Gasteiger partial charge in [0.25, 0.3) is 0 Å². The molecule has 2 saturated carbocycles. The Morgan fingerprint density at radius 1 is 1.00 bits per heavy atom. The number of aromatic nitrogens is 6. The molecule has 0 unspecified atom stereocenters. The smallest absolute Gasteiger partial charge is 0.332 e. The van der Waals surface area contributed by atoms with Gasteiger partial charge in [0.15, 0.2) is 16.4 Å². The molecule has 0 aromatic carbocycles. The van der Waals surface area contributed by atoms with Crippen LogP contribution >= 0.6 is 11.3 Å². The zero-order valence-corrected chi connectivity index (χ0v) is 15.3. The standard InChI is InChI=1S/C18H17N7OS/c26-18-24(11-3-4-11)14-15(20-7-6-19-14)25(18)12-8-10(9-12)22-17-23-13-2-1-5-21-16(13)27-17/h1-2,5-7,10-12H,3-4,8-9H2,(H,22,23). The first-order valence-corrected chi connectivity index (χ1v) is 10.0. The van der Waals surface area contributed by atoms with Gasteiger partial charge in [0.05, 0.1) is 0 Å². The first-order valence-electron chi connectivity index (χ1n) is 9.19. The average molecular weight is 379 g/mol. The van der Waals surface area contributed by atoms with Crippen LogP contribution in [0.25, 0.3) is 21.6 Å². The van der Waals surface area contributed by atoms with E-state index in [4.69, 9.17) is 0 Å². The molecule has 4 aromatic rings. The SMILES string of the molecule is O=c1n(C2CC2)c2nccnc2n1C1CC(Nc2nc3cccnc3s2)C1. The quantitative estimate of drug-likeness (QED) is 0.586. The molecule has 8 nitrogen and oxygen atoms in total. The number of nitrogens with one attached hydrogen (secondary N) is 1. The average Bonchev–Trinajstić information content (AvgIpc) is 3.32. The fourth-order valence-electron chi connectivity index (χ4n) is 3.87. The Balaban J connectivity index is 1.26. The second-order valence-corrected chi connectivity index (χ2v) is 8.25. The van der Waals surface area contributed by atoms with Crippen LogP contribution in [0, 0.1) is 0 Å². The molecule has 2 aliphatic rings. The van der Waals surface area contributed by atoms with Crippen molar-refractivity contribution < 1.29 is 0 Å². The highest BCUT2D eigenvalue weighted by Gasteiger charge is 2.37. The summed E-state index contributed by atoms with van der Waals surface area (Å²) in [4.78, 5) is 31.7. The molecule has 9 heteroatoms. The molecule has 1 N–H and O–H groups in total. The molecule has 0 atom stereocenters. The molecule has 0 aliphatic heterocycles. The summed E-state index contributed by atoms with van der Waals surface area (Å²) in [6.07, 6.45) is 8.97. The summed E-state index contributed by atoms with van der Waals surface area (Å²) in [6.45, 7) is 0. The Morgan fingerprint density at radius 2 is 1.74 bits per heavy atom. The maximum atomic E-state index is 13.0. The van der Waals surface area contributed by atoms with Crippen LogP contribution < -0.4 is 11.0 Å². The van der Waals surface area contributed by atoms with Gasteiger partial charge >= 0.3 is 5.69 Å². The number of hydrogen-bond donors (Lipinski definition) is 1. The summed E-state index contributed by atoms with van der Waals surface area (Å²) in [7, 11) is 0. The van der Waals surface area contributed by atoms with Crippen LogP contribution in [0.4, 0.5) is 5.13 Å². The third-order valence-electron chi connectivity index (χ3n) is 5.41. The summed E-state index contributed by atoms with van der Waals surface area (Å²) in [6, 6.07) is 4.62. The number of fused-ring (bicyclic) bond motifs is 2. The van der Waals surface area contributed by atoms with E-state index >= 15 is 0 Å². The van der Waals surface area contributed by atoms with E-state index in [0.717, 1.165) is 46.8 Å². The molecule has 0 radical (unpaired) electrons. The minimum atomic E-state index is 0.0336. The third-order valence-corrected chi connectivity index (χ3v) is 6.32. The predicted molar refractivity (Wildman–Crippen MR) is 103 cm³/mol. The predicted octanol–water partition coefficient (Wildman–Crippen LogP) is 2.75. The van der Waals surface area contributed by atoms with Crippen LogP contribution in [0.3, 0.4) is 0 Å². The second kappa shape index (κ2) is 5.59. The van der Waals surface area contributed by atoms with E-state index in [1.807, 2.05) is 21.3 Å². The van der Waals surface area contributed by atoms with Crippen molar-refractivity contribution in [1.82, 2.24) is 29.1 Å². The van der Waals surface area contributed by atoms with Gasteiger partial charge in [-0.05, 0) is 37.8 Å². The zero-order chi connectivity index (χ0) is 18.0. The van der Waals surface area contributed by atoms with Gasteiger partial charge in [-0.3, -0.25) is 9.13 Å². The van der Waals surface area contributed by atoms with Gasteiger partial charge in [-0.1, -0.05) is 11.3 Å². The Hall–Kier alpha value is -2.81. The number of anilines is 1. The largest absolute Gasteiger partial charge is 0.359 e. The molecule has 2 fully saturated rings.